The van der Waals surface area contributed by atoms with Gasteiger partial charge in [-0.2, -0.15) is 5.48 Å². The Hall–Kier alpha value is -1.30. The molecule has 0 aliphatic carbocycles. The molecule has 0 aliphatic rings. The Labute approximate surface area is 94.9 Å². The van der Waals surface area contributed by atoms with E-state index in [1.54, 1.807) is 34.6 Å². The number of carboxylic acids is 1. The van der Waals surface area contributed by atoms with Crippen LogP contribution in [0.3, 0.4) is 0 Å². The van der Waals surface area contributed by atoms with Crippen LogP contribution in [0.4, 0.5) is 4.79 Å². The van der Waals surface area contributed by atoms with Gasteiger partial charge in [0.05, 0.1) is 0 Å². The monoisotopic (exact) mass is 233 g/mol. The van der Waals surface area contributed by atoms with Crippen LogP contribution in [0.1, 0.15) is 34.6 Å². The van der Waals surface area contributed by atoms with Crippen molar-refractivity contribution in [1.29, 1.82) is 0 Å². The molecule has 6 heteroatoms. The number of hydroxylamine groups is 1. The van der Waals surface area contributed by atoms with Crippen LogP contribution >= 0.6 is 0 Å². The van der Waals surface area contributed by atoms with Gasteiger partial charge in [0.25, 0.3) is 0 Å². The third-order valence-electron chi connectivity index (χ3n) is 1.52. The van der Waals surface area contributed by atoms with Gasteiger partial charge in [-0.1, -0.05) is 13.8 Å². The molecule has 1 atom stereocenters. The van der Waals surface area contributed by atoms with Gasteiger partial charge in [-0.3, -0.25) is 4.84 Å². The average Bonchev–Trinajstić information content (AvgIpc) is 1.98. The van der Waals surface area contributed by atoms with E-state index in [-0.39, 0.29) is 5.92 Å². The number of carboxylic acid groups (broad SMARTS) is 1. The fourth-order valence-electron chi connectivity index (χ4n) is 0.882. The summed E-state index contributed by atoms with van der Waals surface area (Å²) in [6.07, 6.45) is -1.90. The second-order valence-corrected chi connectivity index (χ2v) is 4.72. The average molecular weight is 233 g/mol. The highest BCUT2D eigenvalue weighted by Crippen LogP contribution is 2.08. The molecule has 0 saturated carbocycles. The van der Waals surface area contributed by atoms with Crippen LogP contribution in [0, 0.1) is 5.92 Å². The van der Waals surface area contributed by atoms with Crippen LogP contribution in [0.25, 0.3) is 0 Å². The highest BCUT2D eigenvalue weighted by Gasteiger charge is 2.25. The van der Waals surface area contributed by atoms with Gasteiger partial charge in [-0.15, -0.1) is 0 Å². The molecule has 0 saturated heterocycles. The Bertz CT molecular complexity index is 256. The van der Waals surface area contributed by atoms with Crippen molar-refractivity contribution in [1.82, 2.24) is 5.48 Å². The molecule has 0 bridgehead atoms. The number of carbonyl (C=O) groups excluding carboxylic acids is 1. The zero-order chi connectivity index (χ0) is 12.9. The van der Waals surface area contributed by atoms with E-state index < -0.39 is 23.8 Å². The van der Waals surface area contributed by atoms with E-state index in [0.717, 1.165) is 0 Å². The van der Waals surface area contributed by atoms with E-state index >= 15 is 0 Å². The first-order chi connectivity index (χ1) is 7.13. The molecular formula is C10H19NO5. The molecule has 0 aromatic carbocycles. The summed E-state index contributed by atoms with van der Waals surface area (Å²) in [5.41, 5.74) is 1.31. The van der Waals surface area contributed by atoms with Crippen LogP contribution in [-0.2, 0) is 14.4 Å². The number of hydrogen-bond donors (Lipinski definition) is 2. The van der Waals surface area contributed by atoms with Gasteiger partial charge in [0.1, 0.15) is 5.60 Å². The Morgan fingerprint density at radius 2 is 1.75 bits per heavy atom. The lowest BCUT2D eigenvalue weighted by molar-refractivity contribution is -0.158. The second-order valence-electron chi connectivity index (χ2n) is 4.72. The Morgan fingerprint density at radius 1 is 1.25 bits per heavy atom. The SMILES string of the molecule is CC(C)[C@@H](ONC(=O)OC(C)(C)C)C(=O)O. The van der Waals surface area contributed by atoms with Gasteiger partial charge in [-0.05, 0) is 26.7 Å². The Balaban J connectivity index is 4.12. The topological polar surface area (TPSA) is 84.9 Å². The normalized spacial score (nSPS) is 13.4. The summed E-state index contributed by atoms with van der Waals surface area (Å²) in [7, 11) is 0. The second kappa shape index (κ2) is 5.69. The van der Waals surface area contributed by atoms with Gasteiger partial charge in [0, 0.05) is 0 Å². The minimum atomic E-state index is -1.13. The number of hydrogen-bond acceptors (Lipinski definition) is 4. The van der Waals surface area contributed by atoms with Gasteiger partial charge < -0.3 is 9.84 Å². The third-order valence-corrected chi connectivity index (χ3v) is 1.52. The minimum Gasteiger partial charge on any atom is -0.479 e. The predicted molar refractivity (Wildman–Crippen MR) is 56.7 cm³/mol. The number of carbonyl (C=O) groups is 2. The third kappa shape index (κ3) is 6.23. The molecule has 0 unspecified atom stereocenters. The maximum atomic E-state index is 11.2. The first kappa shape index (κ1) is 14.7. The number of rotatable bonds is 4. The number of nitrogens with one attached hydrogen (secondary N) is 1. The molecule has 0 aromatic heterocycles. The van der Waals surface area contributed by atoms with Crippen LogP contribution in [0.2, 0.25) is 0 Å². The maximum absolute atomic E-state index is 11.2. The molecule has 0 rings (SSSR count). The van der Waals surface area contributed by atoms with E-state index in [4.69, 9.17) is 14.7 Å². The Kier molecular flexibility index (Phi) is 5.23. The van der Waals surface area contributed by atoms with E-state index in [2.05, 4.69) is 0 Å². The summed E-state index contributed by atoms with van der Waals surface area (Å²) >= 11 is 0. The van der Waals surface area contributed by atoms with Crippen molar-refractivity contribution in [2.45, 2.75) is 46.3 Å². The molecule has 6 nitrogen and oxygen atoms in total. The van der Waals surface area contributed by atoms with Crippen molar-refractivity contribution in [3.63, 3.8) is 0 Å². The lowest BCUT2D eigenvalue weighted by Gasteiger charge is -2.21. The molecule has 16 heavy (non-hydrogen) atoms. The number of aliphatic carboxylic acids is 1. The summed E-state index contributed by atoms with van der Waals surface area (Å²) < 4.78 is 4.88. The largest absolute Gasteiger partial charge is 0.479 e. The zero-order valence-electron chi connectivity index (χ0n) is 10.2. The zero-order valence-corrected chi connectivity index (χ0v) is 10.2. The van der Waals surface area contributed by atoms with Crippen molar-refractivity contribution < 1.29 is 24.3 Å². The van der Waals surface area contributed by atoms with Crippen molar-refractivity contribution >= 4 is 12.1 Å². The minimum absolute atomic E-state index is 0.257. The lowest BCUT2D eigenvalue weighted by atomic mass is 10.1. The highest BCUT2D eigenvalue weighted by molar-refractivity contribution is 5.73. The van der Waals surface area contributed by atoms with Crippen molar-refractivity contribution in [3.05, 3.63) is 0 Å². The fraction of sp³-hybridized carbons (Fsp3) is 0.800. The predicted octanol–water partition coefficient (Wildman–Crippen LogP) is 1.55. The fourth-order valence-corrected chi connectivity index (χ4v) is 0.882. The van der Waals surface area contributed by atoms with Crippen LogP contribution in [0.5, 0.6) is 0 Å². The van der Waals surface area contributed by atoms with Crippen LogP contribution in [0.15, 0.2) is 0 Å². The van der Waals surface area contributed by atoms with E-state index in [1.807, 2.05) is 5.48 Å². The Morgan fingerprint density at radius 3 is 2.06 bits per heavy atom. The lowest BCUT2D eigenvalue weighted by Crippen LogP contribution is -2.40. The molecule has 94 valence electrons. The van der Waals surface area contributed by atoms with Crippen molar-refractivity contribution in [3.8, 4) is 0 Å². The van der Waals surface area contributed by atoms with Gasteiger partial charge in [0.15, 0.2) is 6.10 Å². The van der Waals surface area contributed by atoms with Crippen LogP contribution in [-0.4, -0.2) is 28.9 Å². The molecule has 2 N–H and O–H groups in total. The summed E-state index contributed by atoms with van der Waals surface area (Å²) in [5.74, 6) is -1.39. The number of ether oxygens (including phenoxy) is 1. The summed E-state index contributed by atoms with van der Waals surface area (Å²) in [5, 5.41) is 8.77. The highest BCUT2D eigenvalue weighted by atomic mass is 16.7. The molecule has 0 spiro atoms. The number of amides is 1. The van der Waals surface area contributed by atoms with Gasteiger partial charge in [-0.25, -0.2) is 9.59 Å². The standard InChI is InChI=1S/C10H19NO5/c1-6(2)7(8(12)13)16-11-9(14)15-10(3,4)5/h6-7H,1-5H3,(H,11,14)(H,12,13)/t7-/m1/s1. The summed E-state index contributed by atoms with van der Waals surface area (Å²) in [6.45, 7) is 8.45. The van der Waals surface area contributed by atoms with E-state index in [0.29, 0.717) is 0 Å². The maximum Gasteiger partial charge on any atom is 0.431 e. The van der Waals surface area contributed by atoms with Crippen LogP contribution < -0.4 is 5.48 Å². The summed E-state index contributed by atoms with van der Waals surface area (Å²) in [4.78, 5) is 26.6. The molecule has 0 aromatic rings. The quantitative estimate of drug-likeness (QED) is 0.719. The first-order valence-corrected chi connectivity index (χ1v) is 5.01. The van der Waals surface area contributed by atoms with E-state index in [1.165, 1.54) is 0 Å². The molecule has 0 aliphatic heterocycles. The summed E-state index contributed by atoms with van der Waals surface area (Å²) in [6, 6.07) is 0. The van der Waals surface area contributed by atoms with Crippen molar-refractivity contribution in [2.24, 2.45) is 5.92 Å². The van der Waals surface area contributed by atoms with E-state index in [9.17, 15) is 9.59 Å². The van der Waals surface area contributed by atoms with Gasteiger partial charge in [0.2, 0.25) is 0 Å². The molecular weight excluding hydrogens is 214 g/mol. The molecule has 0 heterocycles. The first-order valence-electron chi connectivity index (χ1n) is 5.01. The smallest absolute Gasteiger partial charge is 0.431 e. The molecule has 1 amide bonds. The van der Waals surface area contributed by atoms with Gasteiger partial charge >= 0.3 is 12.1 Å². The molecule has 0 fully saturated rings. The van der Waals surface area contributed by atoms with Crippen molar-refractivity contribution in [2.75, 3.05) is 0 Å². The molecule has 0 radical (unpaired) electrons.